The van der Waals surface area contributed by atoms with Crippen LogP contribution in [0.1, 0.15) is 11.3 Å². The summed E-state index contributed by atoms with van der Waals surface area (Å²) in [6, 6.07) is 10.9. The number of hydrogen-bond donors (Lipinski definition) is 2. The molecule has 18 heavy (non-hydrogen) atoms. The van der Waals surface area contributed by atoms with Crippen molar-refractivity contribution in [1.29, 1.82) is 0 Å². The molecule has 0 radical (unpaired) electrons. The Hall–Kier alpha value is -2.53. The molecule has 0 saturated heterocycles. The maximum atomic E-state index is 6.02. The van der Waals surface area contributed by atoms with Gasteiger partial charge in [-0.3, -0.25) is 0 Å². The van der Waals surface area contributed by atoms with E-state index < -0.39 is 0 Å². The van der Waals surface area contributed by atoms with Gasteiger partial charge in [-0.2, -0.15) is 5.90 Å². The van der Waals surface area contributed by atoms with Crippen molar-refractivity contribution in [2.45, 2.75) is 0 Å². The Morgan fingerprint density at radius 1 is 1.06 bits per heavy atom. The average Bonchev–Trinajstić information content (AvgIpc) is 2.54. The van der Waals surface area contributed by atoms with Crippen molar-refractivity contribution in [2.75, 3.05) is 0 Å². The molecule has 90 valence electrons. The Morgan fingerprint density at radius 3 is 2.72 bits per heavy atom. The lowest BCUT2D eigenvalue weighted by Crippen LogP contribution is -2.04. The predicted octanol–water partition coefficient (Wildman–Crippen LogP) is 1.90. The molecule has 0 aliphatic carbocycles. The van der Waals surface area contributed by atoms with Gasteiger partial charge in [0.1, 0.15) is 11.4 Å². The third-order valence-electron chi connectivity index (χ3n) is 2.69. The minimum Gasteiger partial charge on any atom is -0.454 e. The van der Waals surface area contributed by atoms with Gasteiger partial charge in [0, 0.05) is 17.3 Å². The molecule has 2 heterocycles. The molecule has 0 unspecified atom stereocenters. The molecular formula is C13H11N3O2. The fourth-order valence-electron chi connectivity index (χ4n) is 1.84. The highest BCUT2D eigenvalue weighted by Crippen LogP contribution is 2.35. The zero-order valence-electron chi connectivity index (χ0n) is 9.46. The van der Waals surface area contributed by atoms with Gasteiger partial charge in [-0.1, -0.05) is 12.1 Å². The Morgan fingerprint density at radius 2 is 1.89 bits per heavy atom. The van der Waals surface area contributed by atoms with Gasteiger partial charge < -0.3 is 15.3 Å². The van der Waals surface area contributed by atoms with E-state index in [4.69, 9.17) is 16.4 Å². The van der Waals surface area contributed by atoms with Gasteiger partial charge in [-0.15, -0.1) is 0 Å². The van der Waals surface area contributed by atoms with Crippen LogP contribution in [0.3, 0.4) is 0 Å². The Kier molecular flexibility index (Phi) is 2.39. The number of rotatable bonds is 1. The Labute approximate surface area is 104 Å². The number of benzene rings is 1. The summed E-state index contributed by atoms with van der Waals surface area (Å²) in [5, 5.41) is 0. The topological polar surface area (TPSA) is 83.4 Å². The van der Waals surface area contributed by atoms with Crippen molar-refractivity contribution < 1.29 is 9.57 Å². The average molecular weight is 241 g/mol. The number of ether oxygens (including phenoxy) is 1. The first-order valence-electron chi connectivity index (χ1n) is 5.40. The minimum atomic E-state index is 0.312. The van der Waals surface area contributed by atoms with E-state index in [0.29, 0.717) is 28.8 Å². The van der Waals surface area contributed by atoms with Crippen LogP contribution in [0.2, 0.25) is 0 Å². The van der Waals surface area contributed by atoms with Gasteiger partial charge >= 0.3 is 0 Å². The standard InChI is InChI=1S/C13H11N3O2/c14-9-7-10-12(5-6-13(16-10)18-15)17-11-4-2-1-3-8(9)11/h1-7H,14-15H2. The fourth-order valence-corrected chi connectivity index (χ4v) is 1.84. The molecule has 0 amide bonds. The van der Waals surface area contributed by atoms with Crippen LogP contribution in [0.25, 0.3) is 11.8 Å². The lowest BCUT2D eigenvalue weighted by molar-refractivity contribution is 0.319. The summed E-state index contributed by atoms with van der Waals surface area (Å²) in [5.74, 6) is 6.71. The molecule has 5 nitrogen and oxygen atoms in total. The second-order valence-electron chi connectivity index (χ2n) is 3.85. The molecule has 1 aliphatic rings. The highest BCUT2D eigenvalue weighted by molar-refractivity contribution is 5.84. The number of nitrogens with two attached hydrogens (primary N) is 2. The molecule has 1 aliphatic heterocycles. The van der Waals surface area contributed by atoms with E-state index >= 15 is 0 Å². The highest BCUT2D eigenvalue weighted by Gasteiger charge is 2.15. The molecule has 4 N–H and O–H groups in total. The van der Waals surface area contributed by atoms with E-state index in [2.05, 4.69) is 9.82 Å². The summed E-state index contributed by atoms with van der Waals surface area (Å²) in [6.45, 7) is 0. The number of pyridine rings is 1. The number of hydrogen-bond acceptors (Lipinski definition) is 5. The lowest BCUT2D eigenvalue weighted by atomic mass is 10.1. The molecule has 1 aromatic carbocycles. The Bertz CT molecular complexity index is 638. The summed E-state index contributed by atoms with van der Waals surface area (Å²) in [4.78, 5) is 8.79. The van der Waals surface area contributed by atoms with Crippen LogP contribution >= 0.6 is 0 Å². The second-order valence-corrected chi connectivity index (χ2v) is 3.85. The Balaban J connectivity index is 2.18. The largest absolute Gasteiger partial charge is 0.454 e. The van der Waals surface area contributed by atoms with E-state index in [9.17, 15) is 0 Å². The van der Waals surface area contributed by atoms with E-state index in [0.717, 1.165) is 5.56 Å². The van der Waals surface area contributed by atoms with E-state index in [-0.39, 0.29) is 0 Å². The normalized spacial score (nSPS) is 12.6. The number of aromatic nitrogens is 1. The van der Waals surface area contributed by atoms with E-state index in [1.54, 1.807) is 18.2 Å². The molecule has 0 atom stereocenters. The first kappa shape index (κ1) is 10.6. The molecule has 2 aromatic rings. The monoisotopic (exact) mass is 241 g/mol. The summed E-state index contributed by atoms with van der Waals surface area (Å²) in [7, 11) is 0. The summed E-state index contributed by atoms with van der Waals surface area (Å²) >= 11 is 0. The van der Waals surface area contributed by atoms with Crippen molar-refractivity contribution in [3.8, 4) is 17.4 Å². The van der Waals surface area contributed by atoms with Gasteiger partial charge in [-0.05, 0) is 24.3 Å². The second kappa shape index (κ2) is 4.05. The van der Waals surface area contributed by atoms with E-state index in [1.807, 2.05) is 24.3 Å². The quantitative estimate of drug-likeness (QED) is 0.745. The first-order valence-corrected chi connectivity index (χ1v) is 5.40. The molecule has 1 aromatic heterocycles. The SMILES string of the molecule is NOc1ccc2c(n1)C=C(N)c1ccccc1O2. The third kappa shape index (κ3) is 1.66. The first-order chi connectivity index (χ1) is 8.78. The van der Waals surface area contributed by atoms with Crippen molar-refractivity contribution in [1.82, 2.24) is 4.98 Å². The van der Waals surface area contributed by atoms with Crippen LogP contribution in [-0.4, -0.2) is 4.98 Å². The van der Waals surface area contributed by atoms with Crippen LogP contribution in [0.15, 0.2) is 36.4 Å². The van der Waals surface area contributed by atoms with Crippen LogP contribution in [0.5, 0.6) is 17.4 Å². The molecule has 0 fully saturated rings. The van der Waals surface area contributed by atoms with Crippen molar-refractivity contribution in [3.63, 3.8) is 0 Å². The fraction of sp³-hybridized carbons (Fsp3) is 0. The lowest BCUT2D eigenvalue weighted by Gasteiger charge is -2.08. The van der Waals surface area contributed by atoms with Gasteiger partial charge in [0.05, 0.1) is 0 Å². The maximum absolute atomic E-state index is 6.02. The van der Waals surface area contributed by atoms with Crippen LogP contribution in [0.4, 0.5) is 0 Å². The third-order valence-corrected chi connectivity index (χ3v) is 2.69. The molecule has 3 rings (SSSR count). The summed E-state index contributed by atoms with van der Waals surface area (Å²) < 4.78 is 5.78. The van der Waals surface area contributed by atoms with Crippen molar-refractivity contribution in [2.24, 2.45) is 11.6 Å². The van der Waals surface area contributed by atoms with Crippen molar-refractivity contribution >= 4 is 11.8 Å². The van der Waals surface area contributed by atoms with Crippen molar-refractivity contribution in [3.05, 3.63) is 47.7 Å². The zero-order valence-corrected chi connectivity index (χ0v) is 9.46. The molecule has 0 saturated carbocycles. The van der Waals surface area contributed by atoms with Gasteiger partial charge in [-0.25, -0.2) is 4.98 Å². The van der Waals surface area contributed by atoms with Crippen LogP contribution in [0, 0.1) is 0 Å². The summed E-state index contributed by atoms with van der Waals surface area (Å²) in [5.41, 5.74) is 8.04. The van der Waals surface area contributed by atoms with Gasteiger partial charge in [0.2, 0.25) is 5.88 Å². The molecule has 0 bridgehead atoms. The van der Waals surface area contributed by atoms with E-state index in [1.165, 1.54) is 0 Å². The predicted molar refractivity (Wildman–Crippen MR) is 67.6 cm³/mol. The van der Waals surface area contributed by atoms with Gasteiger partial charge in [0.15, 0.2) is 5.75 Å². The number of fused-ring (bicyclic) bond motifs is 2. The van der Waals surface area contributed by atoms with Crippen LogP contribution in [-0.2, 0) is 0 Å². The number of nitrogens with zero attached hydrogens (tertiary/aromatic N) is 1. The van der Waals surface area contributed by atoms with Crippen LogP contribution < -0.4 is 21.2 Å². The van der Waals surface area contributed by atoms with Gasteiger partial charge in [0.25, 0.3) is 0 Å². The molecule has 0 spiro atoms. The molecule has 5 heteroatoms. The number of para-hydroxylation sites is 1. The zero-order chi connectivity index (χ0) is 12.5. The summed E-state index contributed by atoms with van der Waals surface area (Å²) in [6.07, 6.45) is 1.74. The minimum absolute atomic E-state index is 0.312. The maximum Gasteiger partial charge on any atom is 0.238 e. The highest BCUT2D eigenvalue weighted by atomic mass is 16.6. The smallest absolute Gasteiger partial charge is 0.238 e. The molecular weight excluding hydrogens is 230 g/mol.